The Kier molecular flexibility index (Phi) is 6.95. The van der Waals surface area contributed by atoms with Crippen LogP contribution in [0, 0.1) is 6.92 Å². The maximum Gasteiger partial charge on any atom is 0.253 e. The van der Waals surface area contributed by atoms with Crippen LogP contribution in [0.2, 0.25) is 0 Å². The summed E-state index contributed by atoms with van der Waals surface area (Å²) in [6.45, 7) is 2.08. The molecular weight excluding hydrogens is 566 g/mol. The summed E-state index contributed by atoms with van der Waals surface area (Å²) >= 11 is 0. The molecule has 0 saturated carbocycles. The summed E-state index contributed by atoms with van der Waals surface area (Å²) in [4.78, 5) is 31.3. The molecule has 0 unspecified atom stereocenters. The van der Waals surface area contributed by atoms with Crippen molar-refractivity contribution >= 4 is 22.9 Å². The molecule has 5 aromatic heterocycles. The quantitative estimate of drug-likeness (QED) is 0.227. The first-order valence-electron chi connectivity index (χ1n) is 14.2. The zero-order valence-electron chi connectivity index (χ0n) is 24.2. The molecule has 0 saturated heterocycles. The van der Waals surface area contributed by atoms with E-state index >= 15 is 0 Å². The summed E-state index contributed by atoms with van der Waals surface area (Å²) in [5.41, 5.74) is 13.0. The van der Waals surface area contributed by atoms with E-state index < -0.39 is 0 Å². The van der Waals surface area contributed by atoms with E-state index in [1.54, 1.807) is 25.3 Å². The molecule has 0 aliphatic rings. The zero-order chi connectivity index (χ0) is 30.9. The lowest BCUT2D eigenvalue weighted by Crippen LogP contribution is -2.23. The Labute approximate surface area is 257 Å². The highest BCUT2D eigenvalue weighted by Crippen LogP contribution is 2.31. The molecule has 0 radical (unpaired) electrons. The first-order chi connectivity index (χ1) is 21.9. The Morgan fingerprint density at radius 2 is 1.73 bits per heavy atom. The van der Waals surface area contributed by atoms with Gasteiger partial charge in [0.2, 0.25) is 5.88 Å². The minimum Gasteiger partial charge on any atom is -0.493 e. The maximum absolute atomic E-state index is 12.9. The highest BCUT2D eigenvalue weighted by molar-refractivity contribution is 5.94. The van der Waals surface area contributed by atoms with Crippen molar-refractivity contribution in [2.24, 2.45) is 0 Å². The number of nitrogens with two attached hydrogens (primary N) is 1. The second kappa shape index (κ2) is 11.4. The molecule has 11 heteroatoms. The van der Waals surface area contributed by atoms with Crippen molar-refractivity contribution in [2.45, 2.75) is 13.5 Å². The standard InChI is InChI=1S/C34H27N9O2/c1-21-18-30(44)43(41-21)29-16-11-24(20-37-29)34(45)38-19-22-9-12-25(13-10-22)42-32(26-8-5-17-36-31(26)35)40-28-15-14-27(39-33(28)42)23-6-3-2-4-7-23/h2-18,20,44H,19H2,1H3,(H2,35,36)(H,38,45). The number of nitrogen functional groups attached to an aromatic ring is 1. The minimum atomic E-state index is -0.272. The first-order valence-corrected chi connectivity index (χ1v) is 14.2. The van der Waals surface area contributed by atoms with Crippen LogP contribution in [0.25, 0.3) is 45.3 Å². The number of hydrogen-bond donors (Lipinski definition) is 3. The fraction of sp³-hybridized carbons (Fsp3) is 0.0588. The van der Waals surface area contributed by atoms with Crippen molar-refractivity contribution in [3.63, 3.8) is 0 Å². The maximum atomic E-state index is 12.9. The van der Waals surface area contributed by atoms with E-state index in [1.807, 2.05) is 83.4 Å². The van der Waals surface area contributed by atoms with Gasteiger partial charge in [0.05, 0.1) is 22.5 Å². The van der Waals surface area contributed by atoms with E-state index in [4.69, 9.17) is 15.7 Å². The van der Waals surface area contributed by atoms with Gasteiger partial charge in [-0.2, -0.15) is 9.78 Å². The van der Waals surface area contributed by atoms with Gasteiger partial charge >= 0.3 is 0 Å². The Morgan fingerprint density at radius 3 is 2.44 bits per heavy atom. The third kappa shape index (κ3) is 5.34. The van der Waals surface area contributed by atoms with Crippen LogP contribution in [-0.4, -0.2) is 45.3 Å². The second-order valence-corrected chi connectivity index (χ2v) is 10.4. The number of hydrogen-bond acceptors (Lipinski definition) is 8. The van der Waals surface area contributed by atoms with Crippen LogP contribution in [0.1, 0.15) is 21.6 Å². The topological polar surface area (TPSA) is 150 Å². The van der Waals surface area contributed by atoms with Crippen molar-refractivity contribution in [3.8, 4) is 40.0 Å². The fourth-order valence-corrected chi connectivity index (χ4v) is 5.11. The first kappa shape index (κ1) is 27.5. The van der Waals surface area contributed by atoms with Crippen LogP contribution in [0.3, 0.4) is 0 Å². The van der Waals surface area contributed by atoms with E-state index in [0.717, 1.165) is 28.0 Å². The molecule has 11 nitrogen and oxygen atoms in total. The molecule has 5 heterocycles. The molecule has 0 bridgehead atoms. The number of fused-ring (bicyclic) bond motifs is 1. The molecule has 45 heavy (non-hydrogen) atoms. The summed E-state index contributed by atoms with van der Waals surface area (Å²) < 4.78 is 3.29. The molecule has 7 aromatic rings. The van der Waals surface area contributed by atoms with E-state index in [-0.39, 0.29) is 11.8 Å². The minimum absolute atomic E-state index is 0.0206. The van der Waals surface area contributed by atoms with Crippen molar-refractivity contribution in [2.75, 3.05) is 5.73 Å². The van der Waals surface area contributed by atoms with E-state index in [0.29, 0.717) is 46.5 Å². The molecular formula is C34H27N9O2. The normalized spacial score (nSPS) is 11.1. The average molecular weight is 594 g/mol. The number of aromatic hydroxyl groups is 1. The highest BCUT2D eigenvalue weighted by atomic mass is 16.3. The van der Waals surface area contributed by atoms with Crippen molar-refractivity contribution in [3.05, 3.63) is 126 Å². The van der Waals surface area contributed by atoms with Gasteiger partial charge in [-0.25, -0.2) is 19.9 Å². The zero-order valence-corrected chi connectivity index (χ0v) is 24.2. The largest absolute Gasteiger partial charge is 0.493 e. The van der Waals surface area contributed by atoms with Gasteiger partial charge < -0.3 is 16.2 Å². The number of pyridine rings is 3. The number of aryl methyl sites for hydroxylation is 1. The van der Waals surface area contributed by atoms with Crippen LogP contribution in [0.15, 0.2) is 109 Å². The van der Waals surface area contributed by atoms with Gasteiger partial charge in [-0.15, -0.1) is 0 Å². The Bertz CT molecular complexity index is 2150. The summed E-state index contributed by atoms with van der Waals surface area (Å²) in [5, 5.41) is 17.2. The van der Waals surface area contributed by atoms with Gasteiger partial charge in [-0.05, 0) is 61.0 Å². The smallest absolute Gasteiger partial charge is 0.253 e. The van der Waals surface area contributed by atoms with Gasteiger partial charge in [-0.3, -0.25) is 9.36 Å². The second-order valence-electron chi connectivity index (χ2n) is 10.4. The van der Waals surface area contributed by atoms with Crippen molar-refractivity contribution < 1.29 is 9.90 Å². The number of rotatable bonds is 7. The van der Waals surface area contributed by atoms with Gasteiger partial charge in [0, 0.05) is 36.3 Å². The average Bonchev–Trinajstić information content (AvgIpc) is 3.62. The molecule has 0 atom stereocenters. The Hall–Kier alpha value is -6.36. The molecule has 0 aliphatic heterocycles. The third-order valence-corrected chi connectivity index (χ3v) is 7.34. The number of nitrogens with one attached hydrogen (secondary N) is 1. The molecule has 4 N–H and O–H groups in total. The lowest BCUT2D eigenvalue weighted by atomic mass is 10.1. The van der Waals surface area contributed by atoms with Crippen molar-refractivity contribution in [1.29, 1.82) is 0 Å². The lowest BCUT2D eigenvalue weighted by molar-refractivity contribution is 0.0950. The SMILES string of the molecule is Cc1cc(O)n(-c2ccc(C(=O)NCc3ccc(-n4c(-c5cccnc5N)nc5ccc(-c6ccccc6)nc54)cc3)cn2)n1. The number of aromatic nitrogens is 7. The molecule has 0 aliphatic carbocycles. The molecule has 7 rings (SSSR count). The van der Waals surface area contributed by atoms with Crippen LogP contribution < -0.4 is 11.1 Å². The Balaban J connectivity index is 1.16. The monoisotopic (exact) mass is 593 g/mol. The van der Waals surface area contributed by atoms with Crippen molar-refractivity contribution in [1.82, 2.24) is 39.6 Å². The third-order valence-electron chi connectivity index (χ3n) is 7.34. The van der Waals surface area contributed by atoms with Crippen LogP contribution >= 0.6 is 0 Å². The predicted molar refractivity (Wildman–Crippen MR) is 171 cm³/mol. The van der Waals surface area contributed by atoms with E-state index in [9.17, 15) is 9.90 Å². The number of imidazole rings is 1. The highest BCUT2D eigenvalue weighted by Gasteiger charge is 2.19. The van der Waals surface area contributed by atoms with Gasteiger partial charge in [-0.1, -0.05) is 42.5 Å². The van der Waals surface area contributed by atoms with E-state index in [2.05, 4.69) is 20.4 Å². The number of amides is 1. The predicted octanol–water partition coefficient (Wildman–Crippen LogP) is 5.26. The Morgan fingerprint density at radius 1 is 0.911 bits per heavy atom. The summed E-state index contributed by atoms with van der Waals surface area (Å²) in [6.07, 6.45) is 3.10. The van der Waals surface area contributed by atoms with Gasteiger partial charge in [0.25, 0.3) is 5.91 Å². The molecule has 2 aromatic carbocycles. The van der Waals surface area contributed by atoms with Crippen LogP contribution in [0.5, 0.6) is 5.88 Å². The summed E-state index contributed by atoms with van der Waals surface area (Å²) in [5.74, 6) is 1.12. The number of carbonyl (C=O) groups is 1. The molecule has 0 fully saturated rings. The summed E-state index contributed by atoms with van der Waals surface area (Å²) in [7, 11) is 0. The number of nitrogens with zero attached hydrogens (tertiary/aromatic N) is 7. The van der Waals surface area contributed by atoms with Gasteiger partial charge in [0.1, 0.15) is 11.3 Å². The molecule has 0 spiro atoms. The van der Waals surface area contributed by atoms with Crippen LogP contribution in [0.4, 0.5) is 5.82 Å². The number of anilines is 1. The van der Waals surface area contributed by atoms with E-state index in [1.165, 1.54) is 16.9 Å². The number of benzene rings is 2. The lowest BCUT2D eigenvalue weighted by Gasteiger charge is -2.12. The molecule has 220 valence electrons. The molecule has 1 amide bonds. The van der Waals surface area contributed by atoms with Crippen LogP contribution in [-0.2, 0) is 6.54 Å². The van der Waals surface area contributed by atoms with Gasteiger partial charge in [0.15, 0.2) is 17.3 Å². The number of carbonyl (C=O) groups excluding carboxylic acids is 1. The summed E-state index contributed by atoms with van der Waals surface area (Å²) in [6, 6.07) is 30.3. The fourth-order valence-electron chi connectivity index (χ4n) is 5.11.